The highest BCUT2D eigenvalue weighted by Gasteiger charge is 1.97. The molecule has 0 spiro atoms. The summed E-state index contributed by atoms with van der Waals surface area (Å²) >= 11 is 8.69. The van der Waals surface area contributed by atoms with Crippen LogP contribution in [0.1, 0.15) is 18.2 Å². The Bertz CT molecular complexity index is 289. The minimum absolute atomic E-state index is 1.05. The van der Waals surface area contributed by atoms with Crippen LogP contribution in [0.15, 0.2) is 27.6 Å². The first kappa shape index (κ1) is 11.5. The Labute approximate surface area is 100 Å². The van der Waals surface area contributed by atoms with Crippen LogP contribution in [-0.4, -0.2) is 5.33 Å². The molecule has 0 saturated carbocycles. The van der Waals surface area contributed by atoms with Crippen LogP contribution >= 0.6 is 43.2 Å². The minimum Gasteiger partial charge on any atom is -0.147 e. The second-order valence-electron chi connectivity index (χ2n) is 2.94. The van der Waals surface area contributed by atoms with E-state index < -0.39 is 0 Å². The molecule has 1 rings (SSSR count). The molecule has 0 aliphatic carbocycles. The molecule has 13 heavy (non-hydrogen) atoms. The van der Waals surface area contributed by atoms with Gasteiger partial charge in [0.15, 0.2) is 0 Å². The van der Waals surface area contributed by atoms with Gasteiger partial charge < -0.3 is 0 Å². The van der Waals surface area contributed by atoms with Gasteiger partial charge in [0.25, 0.3) is 0 Å². The molecule has 0 aromatic carbocycles. The third-order valence-electron chi connectivity index (χ3n) is 1.68. The quantitative estimate of drug-likeness (QED) is 0.552. The maximum Gasteiger partial charge on any atom is 0.0285 e. The first-order valence-corrected chi connectivity index (χ1v) is 6.96. The summed E-state index contributed by atoms with van der Waals surface area (Å²) in [4.78, 5) is 1.43. The van der Waals surface area contributed by atoms with Crippen LogP contribution in [-0.2, 0) is 6.42 Å². The molecule has 0 radical (unpaired) electrons. The molecule has 72 valence electrons. The average Bonchev–Trinajstić information content (AvgIpc) is 2.48. The van der Waals surface area contributed by atoms with Gasteiger partial charge in [-0.05, 0) is 35.3 Å². The molecular weight excluding hydrogens is 312 g/mol. The molecule has 0 aliphatic rings. The Morgan fingerprint density at radius 1 is 1.62 bits per heavy atom. The summed E-state index contributed by atoms with van der Waals surface area (Å²) < 4.78 is 1.20. The molecule has 0 bridgehead atoms. The summed E-state index contributed by atoms with van der Waals surface area (Å²) in [6.07, 6.45) is 4.50. The Kier molecular flexibility index (Phi) is 5.29. The van der Waals surface area contributed by atoms with Crippen molar-refractivity contribution in [2.45, 2.75) is 19.8 Å². The van der Waals surface area contributed by atoms with Crippen molar-refractivity contribution in [1.82, 2.24) is 0 Å². The van der Waals surface area contributed by atoms with E-state index in [4.69, 9.17) is 0 Å². The first-order valence-electron chi connectivity index (χ1n) is 4.17. The van der Waals surface area contributed by atoms with Crippen molar-refractivity contribution in [3.05, 3.63) is 32.4 Å². The SMILES string of the molecule is CC(=CCCBr)Cc1cc(Br)cs1. The summed E-state index contributed by atoms with van der Waals surface area (Å²) in [5.41, 5.74) is 1.45. The third-order valence-corrected chi connectivity index (χ3v) is 3.83. The average molecular weight is 324 g/mol. The molecule has 0 N–H and O–H groups in total. The van der Waals surface area contributed by atoms with Crippen molar-refractivity contribution in [3.8, 4) is 0 Å². The van der Waals surface area contributed by atoms with Gasteiger partial charge in [0.05, 0.1) is 0 Å². The first-order chi connectivity index (χ1) is 6.22. The van der Waals surface area contributed by atoms with Crippen LogP contribution in [0.3, 0.4) is 0 Å². The van der Waals surface area contributed by atoms with E-state index in [9.17, 15) is 0 Å². The van der Waals surface area contributed by atoms with Crippen LogP contribution < -0.4 is 0 Å². The smallest absolute Gasteiger partial charge is 0.0285 e. The van der Waals surface area contributed by atoms with E-state index in [1.165, 1.54) is 14.9 Å². The molecule has 3 heteroatoms. The predicted molar refractivity (Wildman–Crippen MR) is 67.9 cm³/mol. The number of rotatable bonds is 4. The van der Waals surface area contributed by atoms with Gasteiger partial charge in [0, 0.05) is 26.5 Å². The number of hydrogen-bond acceptors (Lipinski definition) is 1. The molecule has 1 aromatic rings. The van der Waals surface area contributed by atoms with Crippen LogP contribution in [0.2, 0.25) is 0 Å². The number of allylic oxidation sites excluding steroid dienone is 2. The lowest BCUT2D eigenvalue weighted by Gasteiger charge is -1.97. The monoisotopic (exact) mass is 322 g/mol. The lowest BCUT2D eigenvalue weighted by molar-refractivity contribution is 1.12. The fraction of sp³-hybridized carbons (Fsp3) is 0.400. The van der Waals surface area contributed by atoms with Gasteiger partial charge in [-0.15, -0.1) is 11.3 Å². The zero-order valence-corrected chi connectivity index (χ0v) is 11.5. The van der Waals surface area contributed by atoms with Crippen molar-refractivity contribution >= 4 is 43.2 Å². The maximum absolute atomic E-state index is 3.46. The van der Waals surface area contributed by atoms with Crippen LogP contribution in [0.4, 0.5) is 0 Å². The van der Waals surface area contributed by atoms with E-state index in [-0.39, 0.29) is 0 Å². The van der Waals surface area contributed by atoms with E-state index in [0.717, 1.165) is 18.2 Å². The fourth-order valence-electron chi connectivity index (χ4n) is 1.09. The normalized spacial score (nSPS) is 12.1. The minimum atomic E-state index is 1.05. The molecular formula is C10H12Br2S. The zero-order valence-electron chi connectivity index (χ0n) is 7.52. The summed E-state index contributed by atoms with van der Waals surface area (Å²) in [5, 5.41) is 3.19. The summed E-state index contributed by atoms with van der Waals surface area (Å²) in [6, 6.07) is 2.19. The van der Waals surface area contributed by atoms with Crippen molar-refractivity contribution in [2.75, 3.05) is 5.33 Å². The molecule has 0 saturated heterocycles. The Hall–Kier alpha value is 0.400. The van der Waals surface area contributed by atoms with E-state index in [0.29, 0.717) is 0 Å². The molecule has 0 nitrogen and oxygen atoms in total. The van der Waals surface area contributed by atoms with Crippen molar-refractivity contribution < 1.29 is 0 Å². The maximum atomic E-state index is 3.46. The summed E-state index contributed by atoms with van der Waals surface area (Å²) in [7, 11) is 0. The van der Waals surface area contributed by atoms with Gasteiger partial charge in [-0.1, -0.05) is 27.6 Å². The Morgan fingerprint density at radius 2 is 2.38 bits per heavy atom. The van der Waals surface area contributed by atoms with Crippen LogP contribution in [0, 0.1) is 0 Å². The van der Waals surface area contributed by atoms with Crippen LogP contribution in [0.25, 0.3) is 0 Å². The van der Waals surface area contributed by atoms with E-state index in [2.05, 4.69) is 56.3 Å². The van der Waals surface area contributed by atoms with E-state index >= 15 is 0 Å². The molecule has 1 heterocycles. The van der Waals surface area contributed by atoms with Gasteiger partial charge in [-0.25, -0.2) is 0 Å². The highest BCUT2D eigenvalue weighted by Crippen LogP contribution is 2.22. The second-order valence-corrected chi connectivity index (χ2v) is 5.64. The third kappa shape index (κ3) is 4.43. The van der Waals surface area contributed by atoms with Gasteiger partial charge in [0.2, 0.25) is 0 Å². The topological polar surface area (TPSA) is 0 Å². The molecule has 0 atom stereocenters. The molecule has 0 fully saturated rings. The lowest BCUT2D eigenvalue weighted by atomic mass is 10.1. The van der Waals surface area contributed by atoms with Gasteiger partial charge in [0.1, 0.15) is 0 Å². The van der Waals surface area contributed by atoms with Gasteiger partial charge in [-0.2, -0.15) is 0 Å². The van der Waals surface area contributed by atoms with E-state index in [1.807, 2.05) is 11.3 Å². The number of hydrogen-bond donors (Lipinski definition) is 0. The molecule has 0 unspecified atom stereocenters. The Balaban J connectivity index is 2.49. The molecule has 1 aromatic heterocycles. The fourth-order valence-corrected chi connectivity index (χ4v) is 2.87. The van der Waals surface area contributed by atoms with Crippen LogP contribution in [0.5, 0.6) is 0 Å². The van der Waals surface area contributed by atoms with E-state index in [1.54, 1.807) is 0 Å². The van der Waals surface area contributed by atoms with Gasteiger partial charge in [-0.3, -0.25) is 0 Å². The van der Waals surface area contributed by atoms with Gasteiger partial charge >= 0.3 is 0 Å². The predicted octanol–water partition coefficient (Wildman–Crippen LogP) is 4.78. The molecule has 0 aliphatic heterocycles. The largest absolute Gasteiger partial charge is 0.147 e. The zero-order chi connectivity index (χ0) is 9.68. The second kappa shape index (κ2) is 5.99. The number of thiophene rings is 1. The van der Waals surface area contributed by atoms with Crippen molar-refractivity contribution in [2.24, 2.45) is 0 Å². The number of alkyl halides is 1. The highest BCUT2D eigenvalue weighted by atomic mass is 79.9. The lowest BCUT2D eigenvalue weighted by Crippen LogP contribution is -1.82. The summed E-state index contributed by atoms with van der Waals surface area (Å²) in [5.74, 6) is 0. The molecule has 0 amide bonds. The highest BCUT2D eigenvalue weighted by molar-refractivity contribution is 9.10. The van der Waals surface area contributed by atoms with Crippen molar-refractivity contribution in [1.29, 1.82) is 0 Å². The van der Waals surface area contributed by atoms with Crippen molar-refractivity contribution in [3.63, 3.8) is 0 Å². The Morgan fingerprint density at radius 3 is 2.92 bits per heavy atom. The summed E-state index contributed by atoms with van der Waals surface area (Å²) in [6.45, 7) is 2.19. The standard InChI is InChI=1S/C10H12Br2S/c1-8(3-2-4-11)5-10-6-9(12)7-13-10/h3,6-7H,2,4-5H2,1H3. The number of halogens is 2.